The van der Waals surface area contributed by atoms with Crippen molar-refractivity contribution in [2.24, 2.45) is 29.2 Å². The lowest BCUT2D eigenvalue weighted by Gasteiger charge is -2.59. The number of hydrogen-bond acceptors (Lipinski definition) is 10. The molecule has 38 heavy (non-hydrogen) atoms. The molecule has 4 N–H and O–H groups in total. The van der Waals surface area contributed by atoms with Crippen molar-refractivity contribution in [3.8, 4) is 0 Å². The molecule has 200 valence electrons. The average molecular weight is 523 g/mol. The molecular formula is C28H30N2O8. The molecule has 1 aliphatic heterocycles. The number of hydrogen-bond donors (Lipinski definition) is 2. The summed E-state index contributed by atoms with van der Waals surface area (Å²) in [6, 6.07) is 8.49. The van der Waals surface area contributed by atoms with Gasteiger partial charge in [-0.3, -0.25) is 14.4 Å². The number of fused-ring (bicyclic) bond motifs is 3. The Bertz CT molecular complexity index is 1320. The van der Waals surface area contributed by atoms with Crippen LogP contribution in [0, 0.1) is 24.7 Å². The van der Waals surface area contributed by atoms with Crippen LogP contribution in [0.3, 0.4) is 0 Å². The zero-order valence-corrected chi connectivity index (χ0v) is 21.2. The number of allylic oxidation sites excluding steroid dienone is 1. The topological polar surface area (TPSA) is 161 Å². The highest BCUT2D eigenvalue weighted by molar-refractivity contribution is 6.03. The number of carbonyl (C=O) groups is 4. The van der Waals surface area contributed by atoms with Gasteiger partial charge < -0.3 is 30.1 Å². The molecule has 0 bridgehead atoms. The molecular weight excluding hydrogens is 492 g/mol. The maximum atomic E-state index is 14.1. The standard InChI is InChI=1S/C28H30N2O8/c1-15-5-3-4-6-18(15)25(33)37-20-11-17(12-22(31)35-2)27(29)9-7-19-26(34)38-21(16-8-10-36-14-16)13-28(19,30)24(27)23(20)32/h3-6,8,10-11,14,17,19,21,24H,7,9,12-13,29-30H2,1-2H3/t17-,19-,21-,24-,27+,28+/m0/s1. The van der Waals surface area contributed by atoms with Crippen LogP contribution >= 0.6 is 0 Å². The molecule has 2 aromatic rings. The Morgan fingerprint density at radius 3 is 2.58 bits per heavy atom. The third-order valence-electron chi connectivity index (χ3n) is 8.32. The Labute approximate surface area is 219 Å². The van der Waals surface area contributed by atoms with Gasteiger partial charge in [-0.05, 0) is 43.5 Å². The van der Waals surface area contributed by atoms with Gasteiger partial charge in [-0.2, -0.15) is 0 Å². The highest BCUT2D eigenvalue weighted by atomic mass is 16.6. The number of aryl methyl sites for hydroxylation is 1. The minimum absolute atomic E-state index is 0.0995. The predicted octanol–water partition coefficient (Wildman–Crippen LogP) is 2.50. The number of Topliss-reactive ketones (excluding diaryl/α,β-unsaturated/α-hetero) is 1. The smallest absolute Gasteiger partial charge is 0.343 e. The monoisotopic (exact) mass is 522 g/mol. The second-order valence-electron chi connectivity index (χ2n) is 10.4. The number of cyclic esters (lactones) is 1. The quantitative estimate of drug-likeness (QED) is 0.441. The first-order valence-electron chi connectivity index (χ1n) is 12.5. The first-order chi connectivity index (χ1) is 18.1. The van der Waals surface area contributed by atoms with E-state index >= 15 is 0 Å². The molecule has 6 atom stereocenters. The van der Waals surface area contributed by atoms with Crippen LogP contribution in [-0.2, 0) is 28.6 Å². The maximum absolute atomic E-state index is 14.1. The summed E-state index contributed by atoms with van der Waals surface area (Å²) in [4.78, 5) is 52.7. The normalized spacial score (nSPS) is 32.4. The largest absolute Gasteiger partial charge is 0.472 e. The van der Waals surface area contributed by atoms with E-state index in [0.717, 1.165) is 0 Å². The lowest BCUT2D eigenvalue weighted by molar-refractivity contribution is -0.179. The molecule has 2 aliphatic carbocycles. The summed E-state index contributed by atoms with van der Waals surface area (Å²) in [5.41, 5.74) is 12.8. The summed E-state index contributed by atoms with van der Waals surface area (Å²) in [6.07, 6.45) is 4.05. The zero-order chi connectivity index (χ0) is 27.2. The number of methoxy groups -OCH3 is 1. The van der Waals surface area contributed by atoms with Crippen molar-refractivity contribution >= 4 is 23.7 Å². The maximum Gasteiger partial charge on any atom is 0.343 e. The molecule has 0 unspecified atom stereocenters. The molecule has 0 spiro atoms. The summed E-state index contributed by atoms with van der Waals surface area (Å²) >= 11 is 0. The van der Waals surface area contributed by atoms with Gasteiger partial charge in [0.2, 0.25) is 5.78 Å². The molecule has 5 rings (SSSR count). The summed E-state index contributed by atoms with van der Waals surface area (Å²) in [5.74, 6) is -5.29. The molecule has 1 saturated carbocycles. The van der Waals surface area contributed by atoms with Crippen molar-refractivity contribution in [1.82, 2.24) is 0 Å². The fourth-order valence-electron chi connectivity index (χ4n) is 6.34. The Morgan fingerprint density at radius 2 is 1.89 bits per heavy atom. The summed E-state index contributed by atoms with van der Waals surface area (Å²) < 4.78 is 21.4. The van der Waals surface area contributed by atoms with Crippen molar-refractivity contribution in [3.63, 3.8) is 0 Å². The predicted molar refractivity (Wildman–Crippen MR) is 132 cm³/mol. The van der Waals surface area contributed by atoms with Crippen LogP contribution in [-0.4, -0.2) is 41.9 Å². The number of esters is 3. The van der Waals surface area contributed by atoms with Gasteiger partial charge >= 0.3 is 17.9 Å². The van der Waals surface area contributed by atoms with E-state index in [0.29, 0.717) is 16.7 Å². The lowest BCUT2D eigenvalue weighted by Crippen LogP contribution is -2.75. The van der Waals surface area contributed by atoms with Gasteiger partial charge in [0.15, 0.2) is 5.76 Å². The van der Waals surface area contributed by atoms with Gasteiger partial charge in [0, 0.05) is 29.0 Å². The minimum atomic E-state index is -1.43. The van der Waals surface area contributed by atoms with Crippen molar-refractivity contribution in [1.29, 1.82) is 0 Å². The van der Waals surface area contributed by atoms with Crippen LogP contribution < -0.4 is 11.5 Å². The number of ketones is 1. The van der Waals surface area contributed by atoms with E-state index in [1.165, 1.54) is 25.7 Å². The first-order valence-corrected chi connectivity index (χ1v) is 12.5. The molecule has 1 aromatic heterocycles. The molecule has 2 heterocycles. The van der Waals surface area contributed by atoms with Crippen molar-refractivity contribution in [2.45, 2.75) is 49.8 Å². The molecule has 1 aromatic carbocycles. The molecule has 0 radical (unpaired) electrons. The van der Waals surface area contributed by atoms with Crippen LogP contribution in [0.25, 0.3) is 0 Å². The number of nitrogens with two attached hydrogens (primary N) is 2. The SMILES string of the molecule is COC(=O)C[C@@H]1C=C(OC(=O)c2ccccc2C)C(=O)[C@H]2[C@@]1(N)CC[C@H]1C(=O)O[C@H](c3ccoc3)C[C@]21N. The van der Waals surface area contributed by atoms with Gasteiger partial charge in [-0.1, -0.05) is 18.2 Å². The van der Waals surface area contributed by atoms with Gasteiger partial charge in [0.1, 0.15) is 6.10 Å². The summed E-state index contributed by atoms with van der Waals surface area (Å²) in [6.45, 7) is 1.75. The number of furan rings is 1. The van der Waals surface area contributed by atoms with Crippen molar-refractivity contribution in [3.05, 3.63) is 71.4 Å². The van der Waals surface area contributed by atoms with E-state index in [2.05, 4.69) is 0 Å². The average Bonchev–Trinajstić information content (AvgIpc) is 3.41. The summed E-state index contributed by atoms with van der Waals surface area (Å²) in [7, 11) is 1.26. The van der Waals surface area contributed by atoms with Crippen LogP contribution in [0.2, 0.25) is 0 Å². The number of carbonyl (C=O) groups excluding carboxylic acids is 4. The third kappa shape index (κ3) is 4.13. The van der Waals surface area contributed by atoms with Crippen molar-refractivity contribution in [2.75, 3.05) is 7.11 Å². The fraction of sp³-hybridized carbons (Fsp3) is 0.429. The Kier molecular flexibility index (Phi) is 6.48. The number of rotatable bonds is 5. The van der Waals surface area contributed by atoms with E-state index in [1.807, 2.05) is 0 Å². The van der Waals surface area contributed by atoms with E-state index in [1.54, 1.807) is 37.3 Å². The van der Waals surface area contributed by atoms with Gasteiger partial charge in [-0.25, -0.2) is 4.79 Å². The minimum Gasteiger partial charge on any atom is -0.472 e. The molecule has 3 aliphatic rings. The third-order valence-corrected chi connectivity index (χ3v) is 8.32. The van der Waals surface area contributed by atoms with Crippen molar-refractivity contribution < 1.29 is 37.8 Å². The zero-order valence-electron chi connectivity index (χ0n) is 21.2. The van der Waals surface area contributed by atoms with E-state index in [4.69, 9.17) is 30.1 Å². The highest BCUT2D eigenvalue weighted by Gasteiger charge is 2.66. The molecule has 1 saturated heterocycles. The molecule has 2 fully saturated rings. The fourth-order valence-corrected chi connectivity index (χ4v) is 6.34. The Morgan fingerprint density at radius 1 is 1.13 bits per heavy atom. The van der Waals surface area contributed by atoms with Crippen LogP contribution in [0.4, 0.5) is 0 Å². The van der Waals surface area contributed by atoms with Gasteiger partial charge in [-0.15, -0.1) is 0 Å². The summed E-state index contributed by atoms with van der Waals surface area (Å²) in [5, 5.41) is 0. The molecule has 10 heteroatoms. The Hall–Kier alpha value is -3.76. The highest BCUT2D eigenvalue weighted by Crippen LogP contribution is 2.55. The second kappa shape index (κ2) is 9.52. The van der Waals surface area contributed by atoms with E-state index in [-0.39, 0.29) is 31.4 Å². The number of benzene rings is 1. The second-order valence-corrected chi connectivity index (χ2v) is 10.4. The first kappa shape index (κ1) is 25.9. The van der Waals surface area contributed by atoms with Crippen LogP contribution in [0.1, 0.15) is 53.3 Å². The van der Waals surface area contributed by atoms with E-state index < -0.39 is 58.6 Å². The number of ether oxygens (including phenoxy) is 3. The van der Waals surface area contributed by atoms with Gasteiger partial charge in [0.05, 0.1) is 43.5 Å². The lowest BCUT2D eigenvalue weighted by atomic mass is 9.50. The molecule has 0 amide bonds. The van der Waals surface area contributed by atoms with Crippen LogP contribution in [0.5, 0.6) is 0 Å². The van der Waals surface area contributed by atoms with Crippen LogP contribution in [0.15, 0.2) is 59.1 Å². The molecule has 10 nitrogen and oxygen atoms in total. The van der Waals surface area contributed by atoms with Gasteiger partial charge in [0.25, 0.3) is 0 Å². The van der Waals surface area contributed by atoms with E-state index in [9.17, 15) is 19.2 Å². The Balaban J connectivity index is 1.57.